The first-order chi connectivity index (χ1) is 5.24. The second kappa shape index (κ2) is 3.94. The third kappa shape index (κ3) is 2.36. The summed E-state index contributed by atoms with van der Waals surface area (Å²) in [6.45, 7) is 6.92. The van der Waals surface area contributed by atoms with Crippen LogP contribution in [0.15, 0.2) is 11.6 Å². The molecule has 0 spiro atoms. The number of rotatable bonds is 2. The van der Waals surface area contributed by atoms with Crippen molar-refractivity contribution in [1.29, 1.82) is 0 Å². The van der Waals surface area contributed by atoms with Crippen molar-refractivity contribution in [2.75, 3.05) is 0 Å². The van der Waals surface area contributed by atoms with Gasteiger partial charge in [0.05, 0.1) is 0 Å². The van der Waals surface area contributed by atoms with Crippen molar-refractivity contribution in [2.24, 2.45) is 11.8 Å². The van der Waals surface area contributed by atoms with Crippen LogP contribution in [0.3, 0.4) is 0 Å². The predicted octanol–water partition coefficient (Wildman–Crippen LogP) is 3.78. The Morgan fingerprint density at radius 2 is 2.27 bits per heavy atom. The Balaban J connectivity index is 2.46. The van der Waals surface area contributed by atoms with Crippen LogP contribution in [0.25, 0.3) is 0 Å². The Bertz CT molecular complexity index is 144. The quantitative estimate of drug-likeness (QED) is 0.528. The minimum absolute atomic E-state index is 0.837. The van der Waals surface area contributed by atoms with Crippen LogP contribution < -0.4 is 0 Å². The van der Waals surface area contributed by atoms with Crippen molar-refractivity contribution < 1.29 is 0 Å². The van der Waals surface area contributed by atoms with E-state index in [1.807, 2.05) is 0 Å². The predicted molar refractivity (Wildman–Crippen MR) is 50.6 cm³/mol. The highest BCUT2D eigenvalue weighted by atomic mass is 14.2. The molecule has 0 aliphatic heterocycles. The molecule has 0 fully saturated rings. The molecule has 1 aliphatic rings. The SMILES string of the molecule is CCCC1CCC(C)=CC1C. The van der Waals surface area contributed by atoms with Crippen LogP contribution in [0.5, 0.6) is 0 Å². The van der Waals surface area contributed by atoms with Gasteiger partial charge >= 0.3 is 0 Å². The lowest BCUT2D eigenvalue weighted by Gasteiger charge is -2.26. The molecule has 0 N–H and O–H groups in total. The molecule has 0 aromatic carbocycles. The maximum absolute atomic E-state index is 2.46. The monoisotopic (exact) mass is 152 g/mol. The van der Waals surface area contributed by atoms with Gasteiger partial charge in [0.2, 0.25) is 0 Å². The molecule has 64 valence electrons. The van der Waals surface area contributed by atoms with E-state index in [9.17, 15) is 0 Å². The first kappa shape index (κ1) is 8.83. The first-order valence-electron chi connectivity index (χ1n) is 4.91. The Hall–Kier alpha value is -0.260. The van der Waals surface area contributed by atoms with E-state index >= 15 is 0 Å². The Kier molecular flexibility index (Phi) is 3.16. The van der Waals surface area contributed by atoms with Crippen LogP contribution in [0.4, 0.5) is 0 Å². The molecule has 0 saturated carbocycles. The Labute approximate surface area is 70.7 Å². The molecule has 1 rings (SSSR count). The molecular formula is C11H20. The van der Waals surface area contributed by atoms with E-state index < -0.39 is 0 Å². The molecule has 0 heterocycles. The Morgan fingerprint density at radius 3 is 2.82 bits per heavy atom. The molecule has 0 aromatic rings. The van der Waals surface area contributed by atoms with Crippen LogP contribution in [0.1, 0.15) is 46.5 Å². The molecule has 11 heavy (non-hydrogen) atoms. The molecule has 1 aliphatic carbocycles. The van der Waals surface area contributed by atoms with Gasteiger partial charge in [0.15, 0.2) is 0 Å². The Morgan fingerprint density at radius 1 is 1.55 bits per heavy atom. The number of hydrogen-bond acceptors (Lipinski definition) is 0. The first-order valence-corrected chi connectivity index (χ1v) is 4.91. The molecule has 0 aromatic heterocycles. The van der Waals surface area contributed by atoms with E-state index in [-0.39, 0.29) is 0 Å². The van der Waals surface area contributed by atoms with Crippen molar-refractivity contribution in [2.45, 2.75) is 46.5 Å². The van der Waals surface area contributed by atoms with Crippen LogP contribution in [0.2, 0.25) is 0 Å². The fraction of sp³-hybridized carbons (Fsp3) is 0.818. The number of hydrogen-bond donors (Lipinski definition) is 0. The summed E-state index contributed by atoms with van der Waals surface area (Å²) in [4.78, 5) is 0. The molecule has 0 saturated heterocycles. The summed E-state index contributed by atoms with van der Waals surface area (Å²) in [7, 11) is 0. The van der Waals surface area contributed by atoms with Gasteiger partial charge in [-0.1, -0.05) is 38.3 Å². The highest BCUT2D eigenvalue weighted by Gasteiger charge is 2.18. The minimum Gasteiger partial charge on any atom is -0.0825 e. The largest absolute Gasteiger partial charge is 0.0825 e. The van der Waals surface area contributed by atoms with Crippen LogP contribution in [0, 0.1) is 11.8 Å². The van der Waals surface area contributed by atoms with Crippen molar-refractivity contribution in [3.8, 4) is 0 Å². The van der Waals surface area contributed by atoms with Gasteiger partial charge in [-0.05, 0) is 31.6 Å². The molecule has 0 heteroatoms. The van der Waals surface area contributed by atoms with Crippen LogP contribution in [-0.2, 0) is 0 Å². The summed E-state index contributed by atoms with van der Waals surface area (Å²) < 4.78 is 0. The topological polar surface area (TPSA) is 0 Å². The summed E-state index contributed by atoms with van der Waals surface area (Å²) in [5, 5.41) is 0. The molecule has 0 bridgehead atoms. The van der Waals surface area contributed by atoms with Gasteiger partial charge in [-0.3, -0.25) is 0 Å². The highest BCUT2D eigenvalue weighted by molar-refractivity contribution is 5.05. The van der Waals surface area contributed by atoms with E-state index in [2.05, 4.69) is 26.8 Å². The molecule has 0 nitrogen and oxygen atoms in total. The van der Waals surface area contributed by atoms with E-state index in [1.165, 1.54) is 25.7 Å². The van der Waals surface area contributed by atoms with Gasteiger partial charge in [-0.15, -0.1) is 0 Å². The third-order valence-electron chi connectivity index (χ3n) is 2.86. The lowest BCUT2D eigenvalue weighted by molar-refractivity contribution is 0.344. The molecule has 2 atom stereocenters. The summed E-state index contributed by atoms with van der Waals surface area (Å²) in [5.74, 6) is 1.81. The van der Waals surface area contributed by atoms with E-state index in [0.29, 0.717) is 0 Å². The summed E-state index contributed by atoms with van der Waals surface area (Å²) in [6, 6.07) is 0. The van der Waals surface area contributed by atoms with Crippen molar-refractivity contribution in [1.82, 2.24) is 0 Å². The fourth-order valence-corrected chi connectivity index (χ4v) is 2.12. The second-order valence-corrected chi connectivity index (χ2v) is 3.96. The van der Waals surface area contributed by atoms with E-state index in [1.54, 1.807) is 5.57 Å². The summed E-state index contributed by atoms with van der Waals surface area (Å²) in [6.07, 6.45) is 8.00. The fourth-order valence-electron chi connectivity index (χ4n) is 2.12. The minimum atomic E-state index is 0.837. The van der Waals surface area contributed by atoms with E-state index in [0.717, 1.165) is 11.8 Å². The van der Waals surface area contributed by atoms with Crippen molar-refractivity contribution >= 4 is 0 Å². The van der Waals surface area contributed by atoms with Gasteiger partial charge in [0.25, 0.3) is 0 Å². The zero-order chi connectivity index (χ0) is 8.27. The summed E-state index contributed by atoms with van der Waals surface area (Å²) >= 11 is 0. The molecule has 0 amide bonds. The zero-order valence-corrected chi connectivity index (χ0v) is 8.06. The lowest BCUT2D eigenvalue weighted by Crippen LogP contribution is -2.14. The van der Waals surface area contributed by atoms with E-state index in [4.69, 9.17) is 0 Å². The van der Waals surface area contributed by atoms with Crippen molar-refractivity contribution in [3.05, 3.63) is 11.6 Å². The standard InChI is InChI=1S/C11H20/c1-4-5-11-7-6-9(2)8-10(11)3/h8,10-11H,4-7H2,1-3H3. The van der Waals surface area contributed by atoms with Crippen LogP contribution >= 0.6 is 0 Å². The molecule has 0 radical (unpaired) electrons. The average Bonchev–Trinajstić information content (AvgIpc) is 1.95. The summed E-state index contributed by atoms with van der Waals surface area (Å²) in [5.41, 5.74) is 1.60. The normalized spacial score (nSPS) is 31.7. The smallest absolute Gasteiger partial charge is 0.0231 e. The van der Waals surface area contributed by atoms with Crippen molar-refractivity contribution in [3.63, 3.8) is 0 Å². The molecule has 2 unspecified atom stereocenters. The van der Waals surface area contributed by atoms with Gasteiger partial charge < -0.3 is 0 Å². The van der Waals surface area contributed by atoms with Gasteiger partial charge in [-0.2, -0.15) is 0 Å². The third-order valence-corrected chi connectivity index (χ3v) is 2.86. The van der Waals surface area contributed by atoms with Gasteiger partial charge in [0, 0.05) is 0 Å². The highest BCUT2D eigenvalue weighted by Crippen LogP contribution is 2.31. The number of allylic oxidation sites excluding steroid dienone is 2. The average molecular weight is 152 g/mol. The maximum Gasteiger partial charge on any atom is -0.0231 e. The second-order valence-electron chi connectivity index (χ2n) is 3.96. The van der Waals surface area contributed by atoms with Crippen LogP contribution in [-0.4, -0.2) is 0 Å². The molecular weight excluding hydrogens is 132 g/mol. The zero-order valence-electron chi connectivity index (χ0n) is 8.06. The lowest BCUT2D eigenvalue weighted by atomic mass is 9.80. The maximum atomic E-state index is 2.46. The van der Waals surface area contributed by atoms with Gasteiger partial charge in [0.1, 0.15) is 0 Å². The van der Waals surface area contributed by atoms with Gasteiger partial charge in [-0.25, -0.2) is 0 Å².